The number of hydrogen-bond donors (Lipinski definition) is 0. The van der Waals surface area contributed by atoms with E-state index in [4.69, 9.17) is 0 Å². The molecule has 1 saturated heterocycles. The van der Waals surface area contributed by atoms with Crippen LogP contribution in [0.3, 0.4) is 0 Å². The summed E-state index contributed by atoms with van der Waals surface area (Å²) < 4.78 is 0. The predicted octanol–water partition coefficient (Wildman–Crippen LogP) is 1.65. The molecular weight excluding hydrogens is 110 g/mol. The van der Waals surface area contributed by atoms with E-state index in [0.29, 0.717) is 0 Å². The van der Waals surface area contributed by atoms with Gasteiger partial charge in [0.15, 0.2) is 0 Å². The van der Waals surface area contributed by atoms with Crippen LogP contribution in [-0.4, -0.2) is 18.0 Å². The third kappa shape index (κ3) is 0.983. The maximum absolute atomic E-state index is 3.97. The fourth-order valence-electron chi connectivity index (χ4n) is 1.90. The summed E-state index contributed by atoms with van der Waals surface area (Å²) in [5, 5.41) is 0. The van der Waals surface area contributed by atoms with E-state index in [0.717, 1.165) is 5.41 Å². The van der Waals surface area contributed by atoms with Crippen molar-refractivity contribution in [3.63, 3.8) is 0 Å². The van der Waals surface area contributed by atoms with Gasteiger partial charge in [0.25, 0.3) is 0 Å². The van der Waals surface area contributed by atoms with Crippen molar-refractivity contribution >= 4 is 0 Å². The Bertz CT molecular complexity index is 116. The third-order valence-corrected chi connectivity index (χ3v) is 2.70. The molecule has 9 heavy (non-hydrogen) atoms. The lowest BCUT2D eigenvalue weighted by atomic mass is 9.96. The van der Waals surface area contributed by atoms with Gasteiger partial charge in [0, 0.05) is 0 Å². The Morgan fingerprint density at radius 3 is 2.44 bits per heavy atom. The molecule has 1 nitrogen and oxygen atoms in total. The Balaban J connectivity index is 1.96. The van der Waals surface area contributed by atoms with Crippen molar-refractivity contribution in [2.75, 3.05) is 13.1 Å². The number of hydrogen-bond acceptors (Lipinski definition) is 1. The first-order chi connectivity index (χ1) is 4.31. The van der Waals surface area contributed by atoms with Gasteiger partial charge in [0.1, 0.15) is 0 Å². The fraction of sp³-hybridized carbons (Fsp3) is 0.875. The lowest BCUT2D eigenvalue weighted by molar-refractivity contribution is 0.214. The Morgan fingerprint density at radius 2 is 2.00 bits per heavy atom. The standard InChI is InChI=1S/C8H14N/c1-9-6-2-3-8(7-9)4-5-8/h1-7H2/q-1. The van der Waals surface area contributed by atoms with E-state index in [1.807, 2.05) is 0 Å². The van der Waals surface area contributed by atoms with Crippen molar-refractivity contribution in [3.8, 4) is 0 Å². The summed E-state index contributed by atoms with van der Waals surface area (Å²) in [4.78, 5) is 2.23. The Hall–Kier alpha value is -0.0400. The zero-order chi connectivity index (χ0) is 6.32. The lowest BCUT2D eigenvalue weighted by Gasteiger charge is -2.35. The normalized spacial score (nSPS) is 33.0. The van der Waals surface area contributed by atoms with Crippen LogP contribution in [0.5, 0.6) is 0 Å². The Kier molecular flexibility index (Phi) is 1.10. The minimum Gasteiger partial charge on any atom is -0.459 e. The maximum atomic E-state index is 3.97. The van der Waals surface area contributed by atoms with Crippen LogP contribution >= 0.6 is 0 Å². The van der Waals surface area contributed by atoms with Gasteiger partial charge in [-0.15, -0.1) is 0 Å². The molecule has 2 fully saturated rings. The molecule has 0 aromatic carbocycles. The summed E-state index contributed by atoms with van der Waals surface area (Å²) in [6, 6.07) is 0. The van der Waals surface area contributed by atoms with E-state index < -0.39 is 0 Å². The average Bonchev–Trinajstić information content (AvgIpc) is 2.49. The van der Waals surface area contributed by atoms with Crippen LogP contribution in [0.1, 0.15) is 25.7 Å². The number of nitrogens with zero attached hydrogens (tertiary/aromatic N) is 1. The quantitative estimate of drug-likeness (QED) is 0.444. The molecule has 1 heteroatoms. The van der Waals surface area contributed by atoms with Gasteiger partial charge in [-0.3, -0.25) is 7.05 Å². The second kappa shape index (κ2) is 1.72. The maximum Gasteiger partial charge on any atom is -0.0193 e. The zero-order valence-corrected chi connectivity index (χ0v) is 5.90. The van der Waals surface area contributed by atoms with Crippen molar-refractivity contribution in [2.24, 2.45) is 5.41 Å². The first kappa shape index (κ1) is 5.72. The van der Waals surface area contributed by atoms with Gasteiger partial charge in [-0.05, 0) is 44.2 Å². The molecule has 1 spiro atoms. The molecule has 0 bridgehead atoms. The molecule has 0 atom stereocenters. The second-order valence-corrected chi connectivity index (χ2v) is 3.66. The van der Waals surface area contributed by atoms with Gasteiger partial charge in [0.05, 0.1) is 0 Å². The number of rotatable bonds is 0. The summed E-state index contributed by atoms with van der Waals surface area (Å²) in [5.41, 5.74) is 0.764. The van der Waals surface area contributed by atoms with Crippen molar-refractivity contribution in [1.29, 1.82) is 0 Å². The van der Waals surface area contributed by atoms with Crippen LogP contribution in [0, 0.1) is 12.5 Å². The summed E-state index contributed by atoms with van der Waals surface area (Å²) in [7, 11) is 3.97. The van der Waals surface area contributed by atoms with Crippen LogP contribution in [0.25, 0.3) is 0 Å². The molecule has 0 aromatic heterocycles. The Labute approximate surface area is 57.0 Å². The van der Waals surface area contributed by atoms with Crippen LogP contribution < -0.4 is 0 Å². The van der Waals surface area contributed by atoms with Gasteiger partial charge < -0.3 is 4.90 Å². The molecule has 0 amide bonds. The summed E-state index contributed by atoms with van der Waals surface area (Å²) in [6.07, 6.45) is 5.79. The van der Waals surface area contributed by atoms with Gasteiger partial charge in [-0.25, -0.2) is 0 Å². The van der Waals surface area contributed by atoms with Crippen molar-refractivity contribution in [1.82, 2.24) is 4.90 Å². The third-order valence-electron chi connectivity index (χ3n) is 2.70. The SMILES string of the molecule is [CH2-]N1CCCC2(CC2)C1. The Morgan fingerprint density at radius 1 is 1.22 bits per heavy atom. The average molecular weight is 124 g/mol. The molecule has 0 N–H and O–H groups in total. The van der Waals surface area contributed by atoms with Crippen molar-refractivity contribution in [2.45, 2.75) is 25.7 Å². The van der Waals surface area contributed by atoms with Gasteiger partial charge in [-0.1, -0.05) is 0 Å². The van der Waals surface area contributed by atoms with Crippen molar-refractivity contribution < 1.29 is 0 Å². The van der Waals surface area contributed by atoms with E-state index in [-0.39, 0.29) is 0 Å². The van der Waals surface area contributed by atoms with Crippen LogP contribution in [-0.2, 0) is 0 Å². The molecule has 1 aliphatic heterocycles. The molecule has 1 saturated carbocycles. The molecule has 52 valence electrons. The van der Waals surface area contributed by atoms with E-state index in [9.17, 15) is 0 Å². The monoisotopic (exact) mass is 124 g/mol. The second-order valence-electron chi connectivity index (χ2n) is 3.66. The van der Waals surface area contributed by atoms with Gasteiger partial charge >= 0.3 is 0 Å². The molecular formula is C8H14N-. The summed E-state index contributed by atoms with van der Waals surface area (Å²) in [5.74, 6) is 0. The summed E-state index contributed by atoms with van der Waals surface area (Å²) in [6.45, 7) is 2.49. The van der Waals surface area contributed by atoms with Crippen molar-refractivity contribution in [3.05, 3.63) is 7.05 Å². The molecule has 1 heterocycles. The topological polar surface area (TPSA) is 3.24 Å². The smallest absolute Gasteiger partial charge is 0.0193 e. The molecule has 2 rings (SSSR count). The lowest BCUT2D eigenvalue weighted by Crippen LogP contribution is -2.31. The predicted molar refractivity (Wildman–Crippen MR) is 37.8 cm³/mol. The van der Waals surface area contributed by atoms with Gasteiger partial charge in [-0.2, -0.15) is 0 Å². The first-order valence-electron chi connectivity index (χ1n) is 3.86. The van der Waals surface area contributed by atoms with Crippen LogP contribution in [0.2, 0.25) is 0 Å². The highest BCUT2D eigenvalue weighted by atomic mass is 15.1. The first-order valence-corrected chi connectivity index (χ1v) is 3.86. The minimum absolute atomic E-state index is 0.764. The zero-order valence-electron chi connectivity index (χ0n) is 5.90. The molecule has 1 aliphatic carbocycles. The number of piperidine rings is 1. The van der Waals surface area contributed by atoms with E-state index >= 15 is 0 Å². The number of likely N-dealkylation sites (tertiary alicyclic amines) is 1. The molecule has 0 aromatic rings. The summed E-state index contributed by atoms with van der Waals surface area (Å²) >= 11 is 0. The van der Waals surface area contributed by atoms with E-state index in [1.165, 1.54) is 38.8 Å². The van der Waals surface area contributed by atoms with Crippen LogP contribution in [0.15, 0.2) is 0 Å². The highest BCUT2D eigenvalue weighted by molar-refractivity contribution is 4.97. The largest absolute Gasteiger partial charge is 0.459 e. The van der Waals surface area contributed by atoms with E-state index in [1.54, 1.807) is 0 Å². The molecule has 0 radical (unpaired) electrons. The van der Waals surface area contributed by atoms with Crippen LogP contribution in [0.4, 0.5) is 0 Å². The van der Waals surface area contributed by atoms with E-state index in [2.05, 4.69) is 11.9 Å². The minimum atomic E-state index is 0.764. The molecule has 2 aliphatic rings. The van der Waals surface area contributed by atoms with Gasteiger partial charge in [0.2, 0.25) is 0 Å². The highest BCUT2D eigenvalue weighted by Gasteiger charge is 2.42. The molecule has 0 unspecified atom stereocenters. The highest BCUT2D eigenvalue weighted by Crippen LogP contribution is 2.51. The fourth-order valence-corrected chi connectivity index (χ4v) is 1.90.